The third-order valence-electron chi connectivity index (χ3n) is 2.78. The van der Waals surface area contributed by atoms with Gasteiger partial charge in [0.25, 0.3) is 0 Å². The molecule has 0 bridgehead atoms. The second-order valence-electron chi connectivity index (χ2n) is 4.31. The van der Waals surface area contributed by atoms with E-state index < -0.39 is 12.1 Å². The van der Waals surface area contributed by atoms with Crippen molar-refractivity contribution in [3.63, 3.8) is 0 Å². The first-order chi connectivity index (χ1) is 9.58. The first kappa shape index (κ1) is 14.5. The number of carbonyl (C=O) groups is 2. The lowest BCUT2D eigenvalue weighted by Gasteiger charge is -2.15. The van der Waals surface area contributed by atoms with Crippen LogP contribution in [0.25, 0.3) is 0 Å². The molecule has 0 aliphatic heterocycles. The number of Topliss-reactive ketones (excluding diaryl/α,β-unsaturated/α-hetero) is 1. The second kappa shape index (κ2) is 6.48. The molecule has 0 amide bonds. The summed E-state index contributed by atoms with van der Waals surface area (Å²) in [5, 5.41) is 0. The maximum Gasteiger partial charge on any atom is 0.339 e. The molecule has 0 aromatic heterocycles. The molecular formula is C16H13BrO3. The van der Waals surface area contributed by atoms with Crippen LogP contribution < -0.4 is 0 Å². The molecule has 2 rings (SSSR count). The normalized spacial score (nSPS) is 11.7. The van der Waals surface area contributed by atoms with Crippen LogP contribution in [0, 0.1) is 0 Å². The molecule has 0 saturated carbocycles. The van der Waals surface area contributed by atoms with Crippen molar-refractivity contribution in [2.24, 2.45) is 0 Å². The highest BCUT2D eigenvalue weighted by Gasteiger charge is 2.22. The highest BCUT2D eigenvalue weighted by Crippen LogP contribution is 2.20. The van der Waals surface area contributed by atoms with E-state index in [1.54, 1.807) is 48.5 Å². The fourth-order valence-corrected chi connectivity index (χ4v) is 2.04. The van der Waals surface area contributed by atoms with Crippen LogP contribution >= 0.6 is 15.9 Å². The zero-order valence-electron chi connectivity index (χ0n) is 10.9. The maximum absolute atomic E-state index is 12.1. The lowest BCUT2D eigenvalue weighted by atomic mass is 10.1. The predicted molar refractivity (Wildman–Crippen MR) is 79.4 cm³/mol. The Bertz CT molecular complexity index is 605. The number of ketones is 1. The van der Waals surface area contributed by atoms with Crippen molar-refractivity contribution in [3.8, 4) is 0 Å². The van der Waals surface area contributed by atoms with Crippen LogP contribution in [0.2, 0.25) is 0 Å². The number of hydrogen-bond acceptors (Lipinski definition) is 3. The Morgan fingerprint density at radius 3 is 2.15 bits per heavy atom. The summed E-state index contributed by atoms with van der Waals surface area (Å²) < 4.78 is 6.20. The topological polar surface area (TPSA) is 43.4 Å². The fourth-order valence-electron chi connectivity index (χ4n) is 1.77. The molecule has 0 aliphatic carbocycles. The first-order valence-electron chi connectivity index (χ1n) is 6.10. The molecule has 0 radical (unpaired) electrons. The Morgan fingerprint density at radius 2 is 1.60 bits per heavy atom. The number of carbonyl (C=O) groups excluding carboxylic acids is 2. The van der Waals surface area contributed by atoms with E-state index in [9.17, 15) is 9.59 Å². The Balaban J connectivity index is 2.19. The number of benzene rings is 2. The van der Waals surface area contributed by atoms with Gasteiger partial charge in [-0.05, 0) is 36.8 Å². The summed E-state index contributed by atoms with van der Waals surface area (Å²) in [4.78, 5) is 23.7. The molecule has 0 aliphatic rings. The third-order valence-corrected chi connectivity index (χ3v) is 3.31. The van der Waals surface area contributed by atoms with Gasteiger partial charge in [0.05, 0.1) is 5.56 Å². The van der Waals surface area contributed by atoms with Gasteiger partial charge in [-0.25, -0.2) is 4.79 Å². The quantitative estimate of drug-likeness (QED) is 0.796. The molecule has 0 spiro atoms. The zero-order chi connectivity index (χ0) is 14.5. The molecule has 20 heavy (non-hydrogen) atoms. The van der Waals surface area contributed by atoms with E-state index in [0.29, 0.717) is 11.1 Å². The van der Waals surface area contributed by atoms with Crippen LogP contribution in [-0.4, -0.2) is 11.8 Å². The third kappa shape index (κ3) is 3.54. The molecule has 102 valence electrons. The number of esters is 1. The van der Waals surface area contributed by atoms with Gasteiger partial charge in [0.1, 0.15) is 0 Å². The van der Waals surface area contributed by atoms with Crippen LogP contribution in [-0.2, 0) is 9.53 Å². The molecule has 2 aromatic rings. The van der Waals surface area contributed by atoms with E-state index in [1.807, 2.05) is 6.07 Å². The van der Waals surface area contributed by atoms with E-state index in [0.717, 1.165) is 4.47 Å². The van der Waals surface area contributed by atoms with Gasteiger partial charge in [-0.2, -0.15) is 0 Å². The van der Waals surface area contributed by atoms with Crippen molar-refractivity contribution >= 4 is 27.7 Å². The lowest BCUT2D eigenvalue weighted by molar-refractivity contribution is -0.125. The summed E-state index contributed by atoms with van der Waals surface area (Å²) in [5.74, 6) is -0.719. The molecule has 0 fully saturated rings. The van der Waals surface area contributed by atoms with Crippen LogP contribution in [0.1, 0.15) is 28.9 Å². The van der Waals surface area contributed by atoms with Crippen molar-refractivity contribution in [1.29, 1.82) is 0 Å². The van der Waals surface area contributed by atoms with Crippen LogP contribution in [0.4, 0.5) is 0 Å². The number of hydrogen-bond donors (Lipinski definition) is 0. The van der Waals surface area contributed by atoms with Gasteiger partial charge in [0.2, 0.25) is 0 Å². The summed E-state index contributed by atoms with van der Waals surface area (Å²) in [7, 11) is 0. The van der Waals surface area contributed by atoms with Crippen molar-refractivity contribution in [3.05, 3.63) is 70.2 Å². The average molecular weight is 333 g/mol. The molecule has 4 heteroatoms. The molecule has 2 aromatic carbocycles. The Hall–Kier alpha value is -1.94. The first-order valence-corrected chi connectivity index (χ1v) is 6.89. The molecule has 3 nitrogen and oxygen atoms in total. The van der Waals surface area contributed by atoms with Crippen molar-refractivity contribution in [2.45, 2.75) is 13.0 Å². The molecular weight excluding hydrogens is 320 g/mol. The van der Waals surface area contributed by atoms with Crippen molar-refractivity contribution < 1.29 is 14.3 Å². The molecule has 0 heterocycles. The summed E-state index contributed by atoms with van der Waals surface area (Å²) in [6.07, 6.45) is -0.868. The number of rotatable bonds is 4. The standard InChI is InChI=1S/C16H13BrO3/c1-11(18)15(12-5-3-2-4-6-12)20-16(19)13-7-9-14(17)10-8-13/h2-10,15H,1H3. The highest BCUT2D eigenvalue weighted by molar-refractivity contribution is 9.10. The minimum atomic E-state index is -0.868. The van der Waals surface area contributed by atoms with Gasteiger partial charge in [-0.1, -0.05) is 46.3 Å². The van der Waals surface area contributed by atoms with Crippen LogP contribution in [0.15, 0.2) is 59.1 Å². The SMILES string of the molecule is CC(=O)C(OC(=O)c1ccc(Br)cc1)c1ccccc1. The fraction of sp³-hybridized carbons (Fsp3) is 0.125. The van der Waals surface area contributed by atoms with Gasteiger partial charge < -0.3 is 4.74 Å². The lowest BCUT2D eigenvalue weighted by Crippen LogP contribution is -2.17. The molecule has 0 N–H and O–H groups in total. The number of ether oxygens (including phenoxy) is 1. The monoisotopic (exact) mass is 332 g/mol. The maximum atomic E-state index is 12.1. The van der Waals surface area contributed by atoms with Crippen LogP contribution in [0.5, 0.6) is 0 Å². The minimum absolute atomic E-state index is 0.207. The van der Waals surface area contributed by atoms with E-state index in [2.05, 4.69) is 15.9 Å². The highest BCUT2D eigenvalue weighted by atomic mass is 79.9. The molecule has 1 atom stereocenters. The van der Waals surface area contributed by atoms with Gasteiger partial charge >= 0.3 is 5.97 Å². The minimum Gasteiger partial charge on any atom is -0.446 e. The van der Waals surface area contributed by atoms with Crippen molar-refractivity contribution in [1.82, 2.24) is 0 Å². The molecule has 0 saturated heterocycles. The van der Waals surface area contributed by atoms with E-state index in [1.165, 1.54) is 6.92 Å². The summed E-state index contributed by atoms with van der Waals surface area (Å²) in [6.45, 7) is 1.41. The largest absolute Gasteiger partial charge is 0.446 e. The summed E-state index contributed by atoms with van der Waals surface area (Å²) in [6, 6.07) is 15.8. The van der Waals surface area contributed by atoms with Gasteiger partial charge in [-0.15, -0.1) is 0 Å². The second-order valence-corrected chi connectivity index (χ2v) is 5.23. The van der Waals surface area contributed by atoms with E-state index in [-0.39, 0.29) is 5.78 Å². The zero-order valence-corrected chi connectivity index (χ0v) is 12.5. The summed E-state index contributed by atoms with van der Waals surface area (Å²) in [5.41, 5.74) is 1.08. The average Bonchev–Trinajstić information content (AvgIpc) is 2.46. The predicted octanol–water partition coefficient (Wildman–Crippen LogP) is 3.94. The van der Waals surface area contributed by atoms with Gasteiger partial charge in [0.15, 0.2) is 11.9 Å². The van der Waals surface area contributed by atoms with Crippen LogP contribution in [0.3, 0.4) is 0 Å². The van der Waals surface area contributed by atoms with E-state index >= 15 is 0 Å². The number of halogens is 1. The van der Waals surface area contributed by atoms with Crippen molar-refractivity contribution in [2.75, 3.05) is 0 Å². The smallest absolute Gasteiger partial charge is 0.339 e. The Kier molecular flexibility index (Phi) is 4.69. The van der Waals surface area contributed by atoms with Gasteiger partial charge in [-0.3, -0.25) is 4.79 Å². The summed E-state index contributed by atoms with van der Waals surface area (Å²) >= 11 is 3.30. The Labute approximate surface area is 125 Å². The van der Waals surface area contributed by atoms with Gasteiger partial charge in [0, 0.05) is 4.47 Å². The Morgan fingerprint density at radius 1 is 1.00 bits per heavy atom. The van der Waals surface area contributed by atoms with E-state index in [4.69, 9.17) is 4.74 Å². The molecule has 1 unspecified atom stereocenters.